The van der Waals surface area contributed by atoms with Crippen LogP contribution in [-0.4, -0.2) is 30.6 Å². The first-order chi connectivity index (χ1) is 8.81. The van der Waals surface area contributed by atoms with E-state index in [4.69, 9.17) is 11.6 Å². The number of hydrogen-bond acceptors (Lipinski definition) is 3. The van der Waals surface area contributed by atoms with Gasteiger partial charge in [0.25, 0.3) is 0 Å². The molecule has 1 unspecified atom stereocenters. The van der Waals surface area contributed by atoms with Crippen LogP contribution in [0.4, 0.5) is 5.69 Å². The number of carbonyl (C=O) groups is 1. The predicted molar refractivity (Wildman–Crippen MR) is 78.6 cm³/mol. The number of aliphatic hydroxyl groups is 1. The summed E-state index contributed by atoms with van der Waals surface area (Å²) in [6.45, 7) is 5.78. The Morgan fingerprint density at radius 1 is 1.42 bits per heavy atom. The summed E-state index contributed by atoms with van der Waals surface area (Å²) >= 11 is 6.10. The summed E-state index contributed by atoms with van der Waals surface area (Å²) in [6.07, 6.45) is -0.601. The number of likely N-dealkylation sites (N-methyl/N-ethyl adjacent to an activating group) is 1. The summed E-state index contributed by atoms with van der Waals surface area (Å²) < 4.78 is 0. The van der Waals surface area contributed by atoms with Gasteiger partial charge in [-0.15, -0.1) is 0 Å². The summed E-state index contributed by atoms with van der Waals surface area (Å²) in [5.74, 6) is -0.0341. The minimum absolute atomic E-state index is 0.0341. The molecule has 1 rings (SSSR count). The molecular formula is C14H21ClN2O2. The van der Waals surface area contributed by atoms with Crippen molar-refractivity contribution < 1.29 is 9.90 Å². The minimum Gasteiger partial charge on any atom is -0.389 e. The Kier molecular flexibility index (Phi) is 5.63. The topological polar surface area (TPSA) is 52.6 Å². The van der Waals surface area contributed by atoms with Crippen molar-refractivity contribution in [1.29, 1.82) is 0 Å². The zero-order valence-electron chi connectivity index (χ0n) is 11.8. The number of halogens is 1. The molecule has 1 amide bonds. The molecule has 0 bridgehead atoms. The number of aliphatic hydroxyl groups excluding tert-OH is 1. The number of benzene rings is 1. The highest BCUT2D eigenvalue weighted by atomic mass is 35.5. The molecular weight excluding hydrogens is 264 g/mol. The summed E-state index contributed by atoms with van der Waals surface area (Å²) in [5, 5.41) is 12.9. The molecule has 0 heterocycles. The van der Waals surface area contributed by atoms with Gasteiger partial charge >= 0.3 is 0 Å². The van der Waals surface area contributed by atoms with E-state index in [0.29, 0.717) is 10.6 Å². The Labute approximate surface area is 119 Å². The zero-order valence-corrected chi connectivity index (χ0v) is 12.5. The van der Waals surface area contributed by atoms with Crippen molar-refractivity contribution in [1.82, 2.24) is 5.32 Å². The molecule has 106 valence electrons. The van der Waals surface area contributed by atoms with Crippen molar-refractivity contribution in [3.8, 4) is 0 Å². The highest BCUT2D eigenvalue weighted by Crippen LogP contribution is 2.27. The molecule has 0 aliphatic carbocycles. The van der Waals surface area contributed by atoms with Crippen molar-refractivity contribution in [2.75, 3.05) is 18.5 Å². The predicted octanol–water partition coefficient (Wildman–Crippen LogP) is 2.35. The lowest BCUT2D eigenvalue weighted by atomic mass is 10.1. The van der Waals surface area contributed by atoms with Crippen LogP contribution in [0.25, 0.3) is 0 Å². The third-order valence-corrected chi connectivity index (χ3v) is 3.03. The molecule has 1 atom stereocenters. The van der Waals surface area contributed by atoms with Crippen LogP contribution in [0.1, 0.15) is 32.4 Å². The largest absolute Gasteiger partial charge is 0.389 e. The van der Waals surface area contributed by atoms with Crippen LogP contribution in [0.2, 0.25) is 5.02 Å². The maximum absolute atomic E-state index is 11.7. The first-order valence-electron chi connectivity index (χ1n) is 6.29. The quantitative estimate of drug-likeness (QED) is 0.873. The number of anilines is 1. The fourth-order valence-corrected chi connectivity index (χ4v) is 2.10. The second-order valence-corrected chi connectivity index (χ2v) is 5.37. The standard InChI is InChI=1S/C14H21ClN2O2/c1-9(2)16-14(19)8-17(4)11-5-6-12(10(3)18)13(15)7-11/h5-7,9-10,18H,8H2,1-4H3,(H,16,19). The van der Waals surface area contributed by atoms with Crippen molar-refractivity contribution in [2.45, 2.75) is 32.9 Å². The van der Waals surface area contributed by atoms with Crippen molar-refractivity contribution in [3.05, 3.63) is 28.8 Å². The molecule has 19 heavy (non-hydrogen) atoms. The molecule has 0 aliphatic rings. The van der Waals surface area contributed by atoms with Gasteiger partial charge in [-0.1, -0.05) is 17.7 Å². The molecule has 0 saturated carbocycles. The second-order valence-electron chi connectivity index (χ2n) is 4.96. The summed E-state index contributed by atoms with van der Waals surface area (Å²) in [5.41, 5.74) is 1.53. The number of hydrogen-bond donors (Lipinski definition) is 2. The van der Waals surface area contributed by atoms with Crippen LogP contribution in [0.15, 0.2) is 18.2 Å². The Balaban J connectivity index is 2.75. The average Bonchev–Trinajstić information content (AvgIpc) is 2.26. The van der Waals surface area contributed by atoms with Crippen LogP contribution < -0.4 is 10.2 Å². The lowest BCUT2D eigenvalue weighted by Crippen LogP contribution is -2.38. The Morgan fingerprint density at radius 3 is 2.53 bits per heavy atom. The van der Waals surface area contributed by atoms with Gasteiger partial charge in [0.15, 0.2) is 0 Å². The summed E-state index contributed by atoms with van der Waals surface area (Å²) in [6, 6.07) is 5.50. The van der Waals surface area contributed by atoms with Crippen LogP contribution in [0.3, 0.4) is 0 Å². The van der Waals surface area contributed by atoms with Gasteiger partial charge in [-0.05, 0) is 38.5 Å². The zero-order chi connectivity index (χ0) is 14.6. The molecule has 0 aliphatic heterocycles. The van der Waals surface area contributed by atoms with Crippen molar-refractivity contribution in [3.63, 3.8) is 0 Å². The third kappa shape index (κ3) is 4.73. The number of nitrogens with one attached hydrogen (secondary N) is 1. The molecule has 0 radical (unpaired) electrons. The van der Waals surface area contributed by atoms with Crippen LogP contribution in [-0.2, 0) is 4.79 Å². The monoisotopic (exact) mass is 284 g/mol. The third-order valence-electron chi connectivity index (χ3n) is 2.71. The van der Waals surface area contributed by atoms with E-state index in [1.54, 1.807) is 19.1 Å². The molecule has 0 fully saturated rings. The summed E-state index contributed by atoms with van der Waals surface area (Å²) in [7, 11) is 1.83. The number of rotatable bonds is 5. The molecule has 2 N–H and O–H groups in total. The van der Waals surface area contributed by atoms with E-state index in [-0.39, 0.29) is 18.5 Å². The number of amides is 1. The van der Waals surface area contributed by atoms with Crippen LogP contribution in [0, 0.1) is 0 Å². The number of nitrogens with zero attached hydrogens (tertiary/aromatic N) is 1. The van der Waals surface area contributed by atoms with E-state index in [9.17, 15) is 9.90 Å². The van der Waals surface area contributed by atoms with E-state index in [2.05, 4.69) is 5.32 Å². The highest BCUT2D eigenvalue weighted by Gasteiger charge is 2.11. The van der Waals surface area contributed by atoms with E-state index in [0.717, 1.165) is 5.69 Å². The van der Waals surface area contributed by atoms with Gasteiger partial charge < -0.3 is 15.3 Å². The van der Waals surface area contributed by atoms with E-state index < -0.39 is 6.10 Å². The van der Waals surface area contributed by atoms with Gasteiger partial charge in [-0.2, -0.15) is 0 Å². The maximum Gasteiger partial charge on any atom is 0.239 e. The van der Waals surface area contributed by atoms with Gasteiger partial charge in [-0.25, -0.2) is 0 Å². The van der Waals surface area contributed by atoms with Gasteiger partial charge in [0, 0.05) is 23.8 Å². The molecule has 5 heteroatoms. The number of carbonyl (C=O) groups excluding carboxylic acids is 1. The van der Waals surface area contributed by atoms with Crippen molar-refractivity contribution >= 4 is 23.2 Å². The highest BCUT2D eigenvalue weighted by molar-refractivity contribution is 6.31. The molecule has 0 aromatic heterocycles. The Morgan fingerprint density at radius 2 is 2.05 bits per heavy atom. The lowest BCUT2D eigenvalue weighted by Gasteiger charge is -2.21. The fraction of sp³-hybridized carbons (Fsp3) is 0.500. The molecule has 0 saturated heterocycles. The first kappa shape index (κ1) is 15.8. The van der Waals surface area contributed by atoms with Gasteiger partial charge in [0.1, 0.15) is 0 Å². The van der Waals surface area contributed by atoms with Crippen LogP contribution in [0.5, 0.6) is 0 Å². The maximum atomic E-state index is 11.7. The summed E-state index contributed by atoms with van der Waals surface area (Å²) in [4.78, 5) is 13.5. The Bertz CT molecular complexity index is 447. The van der Waals surface area contributed by atoms with Gasteiger partial charge in [0.05, 0.1) is 12.6 Å². The second kappa shape index (κ2) is 6.78. The smallest absolute Gasteiger partial charge is 0.239 e. The van der Waals surface area contributed by atoms with Gasteiger partial charge in [0.2, 0.25) is 5.91 Å². The molecule has 4 nitrogen and oxygen atoms in total. The molecule has 1 aromatic rings. The SMILES string of the molecule is CC(C)NC(=O)CN(C)c1ccc(C(C)O)c(Cl)c1. The Hall–Kier alpha value is -1.26. The van der Waals surface area contributed by atoms with Crippen molar-refractivity contribution in [2.24, 2.45) is 0 Å². The van der Waals surface area contributed by atoms with E-state index in [1.165, 1.54) is 0 Å². The van der Waals surface area contributed by atoms with Gasteiger partial charge in [-0.3, -0.25) is 4.79 Å². The molecule has 1 aromatic carbocycles. The lowest BCUT2D eigenvalue weighted by molar-refractivity contribution is -0.120. The fourth-order valence-electron chi connectivity index (χ4n) is 1.77. The normalized spacial score (nSPS) is 12.4. The first-order valence-corrected chi connectivity index (χ1v) is 6.67. The average molecular weight is 285 g/mol. The molecule has 0 spiro atoms. The van der Waals surface area contributed by atoms with E-state index >= 15 is 0 Å². The van der Waals surface area contributed by atoms with E-state index in [1.807, 2.05) is 31.9 Å². The van der Waals surface area contributed by atoms with Crippen LogP contribution >= 0.6 is 11.6 Å². The minimum atomic E-state index is -0.601.